The minimum atomic E-state index is 0.320. The standard InChI is InChI=1S/C25H15NSe/c1-2-8-17-15-18(14-13-16(17)7-1)24-23-20-10-4-6-12-22(20)27-25(23)19-9-3-5-11-21(19)26-24/h1-15H. The van der Waals surface area contributed by atoms with E-state index in [0.717, 1.165) is 11.2 Å². The summed E-state index contributed by atoms with van der Waals surface area (Å²) in [6.45, 7) is 0. The van der Waals surface area contributed by atoms with Gasteiger partial charge >= 0.3 is 163 Å². The minimum absolute atomic E-state index is 0.320. The van der Waals surface area contributed by atoms with E-state index in [0.29, 0.717) is 14.5 Å². The summed E-state index contributed by atoms with van der Waals surface area (Å²) in [5.41, 5.74) is 3.40. The zero-order valence-electron chi connectivity index (χ0n) is 14.5. The van der Waals surface area contributed by atoms with Crippen LogP contribution in [-0.4, -0.2) is 19.5 Å². The molecular weight excluding hydrogens is 393 g/mol. The maximum absolute atomic E-state index is 5.13. The van der Waals surface area contributed by atoms with Crippen molar-refractivity contribution in [3.8, 4) is 11.3 Å². The molecule has 2 heteroatoms. The Bertz CT molecular complexity index is 1480. The van der Waals surface area contributed by atoms with Crippen LogP contribution in [0, 0.1) is 0 Å². The molecule has 6 rings (SSSR count). The van der Waals surface area contributed by atoms with Gasteiger partial charge < -0.3 is 0 Å². The van der Waals surface area contributed by atoms with Gasteiger partial charge in [-0.25, -0.2) is 0 Å². The van der Waals surface area contributed by atoms with Gasteiger partial charge in [0, 0.05) is 0 Å². The first-order valence-corrected chi connectivity index (χ1v) is 10.8. The van der Waals surface area contributed by atoms with Crippen molar-refractivity contribution in [3.63, 3.8) is 0 Å². The second kappa shape index (κ2) is 5.79. The molecule has 0 atom stereocenters. The van der Waals surface area contributed by atoms with Gasteiger partial charge in [0.25, 0.3) is 0 Å². The van der Waals surface area contributed by atoms with Crippen molar-refractivity contribution in [1.82, 2.24) is 4.98 Å². The number of fused-ring (bicyclic) bond motifs is 6. The summed E-state index contributed by atoms with van der Waals surface area (Å²) in [5.74, 6) is 0. The predicted molar refractivity (Wildman–Crippen MR) is 117 cm³/mol. The van der Waals surface area contributed by atoms with E-state index in [9.17, 15) is 0 Å². The monoisotopic (exact) mass is 409 g/mol. The van der Waals surface area contributed by atoms with E-state index in [1.54, 1.807) is 0 Å². The molecule has 0 fully saturated rings. The predicted octanol–water partition coefficient (Wildman–Crippen LogP) is 6.42. The molecule has 1 nitrogen and oxygen atoms in total. The van der Waals surface area contributed by atoms with Crippen LogP contribution in [0.25, 0.3) is 52.2 Å². The zero-order chi connectivity index (χ0) is 17.8. The number of rotatable bonds is 1. The molecule has 0 unspecified atom stereocenters. The molecule has 0 N–H and O–H groups in total. The summed E-state index contributed by atoms with van der Waals surface area (Å²) in [5, 5.41) is 6.51. The van der Waals surface area contributed by atoms with Crippen LogP contribution in [0.3, 0.4) is 0 Å². The summed E-state index contributed by atoms with van der Waals surface area (Å²) in [6.07, 6.45) is 0. The van der Waals surface area contributed by atoms with Gasteiger partial charge in [0.1, 0.15) is 0 Å². The Morgan fingerprint density at radius 3 is 2.30 bits per heavy atom. The van der Waals surface area contributed by atoms with Crippen molar-refractivity contribution >= 4 is 55.5 Å². The van der Waals surface area contributed by atoms with Crippen molar-refractivity contribution < 1.29 is 0 Å². The van der Waals surface area contributed by atoms with Crippen LogP contribution in [-0.2, 0) is 0 Å². The normalized spacial score (nSPS) is 11.7. The fourth-order valence-electron chi connectivity index (χ4n) is 3.96. The average Bonchev–Trinajstić information content (AvgIpc) is 3.13. The molecule has 2 heterocycles. The molecule has 27 heavy (non-hydrogen) atoms. The number of hydrogen-bond donors (Lipinski definition) is 0. The number of nitrogens with zero attached hydrogens (tertiary/aromatic N) is 1. The summed E-state index contributed by atoms with van der Waals surface area (Å²) in [4.78, 5) is 5.13. The van der Waals surface area contributed by atoms with E-state index in [-0.39, 0.29) is 0 Å². The van der Waals surface area contributed by atoms with Gasteiger partial charge in [0.2, 0.25) is 0 Å². The Hall–Kier alpha value is -2.93. The molecule has 126 valence electrons. The molecule has 0 aliphatic carbocycles. The van der Waals surface area contributed by atoms with Gasteiger partial charge in [-0.2, -0.15) is 0 Å². The number of hydrogen-bond acceptors (Lipinski definition) is 1. The van der Waals surface area contributed by atoms with Crippen LogP contribution in [0.5, 0.6) is 0 Å². The third-order valence-electron chi connectivity index (χ3n) is 5.24. The number of para-hydroxylation sites is 1. The average molecular weight is 408 g/mol. The molecule has 6 aromatic rings. The van der Waals surface area contributed by atoms with Gasteiger partial charge in [-0.05, 0) is 0 Å². The molecular formula is C25H15NSe. The fraction of sp³-hybridized carbons (Fsp3) is 0. The van der Waals surface area contributed by atoms with Crippen molar-refractivity contribution in [1.29, 1.82) is 0 Å². The molecule has 0 spiro atoms. The first-order chi connectivity index (χ1) is 13.4. The number of benzene rings is 4. The van der Waals surface area contributed by atoms with E-state index < -0.39 is 0 Å². The van der Waals surface area contributed by atoms with E-state index in [2.05, 4.69) is 91.0 Å². The van der Waals surface area contributed by atoms with Crippen LogP contribution in [0.4, 0.5) is 0 Å². The van der Waals surface area contributed by atoms with E-state index in [1.165, 1.54) is 41.0 Å². The first kappa shape index (κ1) is 15.2. The summed E-state index contributed by atoms with van der Waals surface area (Å²) in [6, 6.07) is 32.6. The Labute approximate surface area is 162 Å². The maximum atomic E-state index is 5.13. The molecule has 0 aliphatic heterocycles. The van der Waals surface area contributed by atoms with Crippen LogP contribution >= 0.6 is 0 Å². The molecule has 0 saturated heterocycles. The van der Waals surface area contributed by atoms with Gasteiger partial charge in [-0.15, -0.1) is 0 Å². The third kappa shape index (κ3) is 2.28. The quantitative estimate of drug-likeness (QED) is 0.286. The second-order valence-electron chi connectivity index (χ2n) is 6.84. The summed E-state index contributed by atoms with van der Waals surface area (Å²) in [7, 11) is 0. The van der Waals surface area contributed by atoms with Crippen LogP contribution < -0.4 is 0 Å². The van der Waals surface area contributed by atoms with E-state index >= 15 is 0 Å². The first-order valence-electron chi connectivity index (χ1n) is 9.08. The van der Waals surface area contributed by atoms with Crippen LogP contribution in [0.15, 0.2) is 91.0 Å². The molecule has 0 bridgehead atoms. The SMILES string of the molecule is c1ccc2cc(-c3nc4ccccc4c4[se]c5ccccc5c34)ccc2c1. The van der Waals surface area contributed by atoms with Gasteiger partial charge in [0.05, 0.1) is 0 Å². The van der Waals surface area contributed by atoms with Gasteiger partial charge in [-0.3, -0.25) is 0 Å². The molecule has 0 aliphatic rings. The number of aromatic nitrogens is 1. The van der Waals surface area contributed by atoms with Gasteiger partial charge in [0.15, 0.2) is 0 Å². The molecule has 4 aromatic carbocycles. The number of pyridine rings is 1. The fourth-order valence-corrected chi connectivity index (χ4v) is 6.55. The molecule has 2 aromatic heterocycles. The van der Waals surface area contributed by atoms with Crippen molar-refractivity contribution in [3.05, 3.63) is 91.0 Å². The summed E-state index contributed by atoms with van der Waals surface area (Å²) < 4.78 is 2.93. The van der Waals surface area contributed by atoms with E-state index in [4.69, 9.17) is 4.98 Å². The Kier molecular flexibility index (Phi) is 3.25. The van der Waals surface area contributed by atoms with E-state index in [1.807, 2.05) is 0 Å². The Morgan fingerprint density at radius 1 is 0.630 bits per heavy atom. The van der Waals surface area contributed by atoms with Crippen molar-refractivity contribution in [2.24, 2.45) is 0 Å². The molecule has 0 radical (unpaired) electrons. The van der Waals surface area contributed by atoms with Crippen molar-refractivity contribution in [2.75, 3.05) is 0 Å². The zero-order valence-corrected chi connectivity index (χ0v) is 16.2. The van der Waals surface area contributed by atoms with Crippen molar-refractivity contribution in [2.45, 2.75) is 0 Å². The topological polar surface area (TPSA) is 12.9 Å². The van der Waals surface area contributed by atoms with Crippen LogP contribution in [0.2, 0.25) is 0 Å². The van der Waals surface area contributed by atoms with Gasteiger partial charge in [-0.1, -0.05) is 0 Å². The Balaban J connectivity index is 1.80. The van der Waals surface area contributed by atoms with Crippen LogP contribution in [0.1, 0.15) is 0 Å². The third-order valence-corrected chi connectivity index (χ3v) is 7.76. The molecule has 0 saturated carbocycles. The second-order valence-corrected chi connectivity index (χ2v) is 9.05. The summed E-state index contributed by atoms with van der Waals surface area (Å²) >= 11 is 0.320. The Morgan fingerprint density at radius 2 is 1.37 bits per heavy atom. The molecule has 0 amide bonds.